The van der Waals surface area contributed by atoms with Crippen LogP contribution in [0.15, 0.2) is 10.9 Å². The van der Waals surface area contributed by atoms with Gasteiger partial charge in [0.15, 0.2) is 0 Å². The van der Waals surface area contributed by atoms with Crippen LogP contribution in [0.1, 0.15) is 25.0 Å². The zero-order valence-corrected chi connectivity index (χ0v) is 8.55. The fourth-order valence-electron chi connectivity index (χ4n) is 2.02. The lowest BCUT2D eigenvalue weighted by atomic mass is 10.0. The summed E-state index contributed by atoms with van der Waals surface area (Å²) in [6.45, 7) is 1.11. The molecule has 0 amide bonds. The molecule has 2 heterocycles. The van der Waals surface area contributed by atoms with Crippen LogP contribution in [0.2, 0.25) is 0 Å². The Kier molecular flexibility index (Phi) is 2.72. The quantitative estimate of drug-likeness (QED) is 0.717. The summed E-state index contributed by atoms with van der Waals surface area (Å²) in [6.07, 6.45) is 4.74. The Morgan fingerprint density at radius 2 is 2.43 bits per heavy atom. The number of piperidine rings is 1. The number of aryl methyl sites for hydroxylation is 1. The van der Waals surface area contributed by atoms with Crippen LogP contribution >= 0.6 is 0 Å². The predicted molar refractivity (Wildman–Crippen MR) is 55.4 cm³/mol. The topological polar surface area (TPSA) is 49.8 Å². The van der Waals surface area contributed by atoms with Crippen LogP contribution in [0.3, 0.4) is 0 Å². The van der Waals surface area contributed by atoms with Gasteiger partial charge in [0, 0.05) is 31.3 Å². The van der Waals surface area contributed by atoms with E-state index in [2.05, 4.69) is 10.4 Å². The van der Waals surface area contributed by atoms with Gasteiger partial charge in [0.2, 0.25) is 0 Å². The maximum atomic E-state index is 11.2. The Hall–Kier alpha value is -1.03. The largest absolute Gasteiger partial charge is 0.314 e. The van der Waals surface area contributed by atoms with Crippen molar-refractivity contribution >= 4 is 0 Å². The molecule has 78 valence electrons. The third kappa shape index (κ3) is 2.07. The number of nitrogens with zero attached hydrogens (tertiary/aromatic N) is 1. The SMILES string of the molecule is Cn1[nH]c(CC2CCCCN2)cc1=O. The highest BCUT2D eigenvalue weighted by Crippen LogP contribution is 2.10. The molecular formula is C10H17N3O. The molecule has 1 atom stereocenters. The highest BCUT2D eigenvalue weighted by Gasteiger charge is 2.13. The fraction of sp³-hybridized carbons (Fsp3) is 0.700. The maximum absolute atomic E-state index is 11.2. The molecule has 1 aliphatic heterocycles. The van der Waals surface area contributed by atoms with Crippen LogP contribution in [-0.2, 0) is 13.5 Å². The van der Waals surface area contributed by atoms with E-state index in [0.29, 0.717) is 6.04 Å². The first kappa shape index (κ1) is 9.52. The second kappa shape index (κ2) is 4.00. The van der Waals surface area contributed by atoms with Gasteiger partial charge in [-0.15, -0.1) is 0 Å². The third-order valence-corrected chi connectivity index (χ3v) is 2.82. The van der Waals surface area contributed by atoms with E-state index in [0.717, 1.165) is 18.7 Å². The van der Waals surface area contributed by atoms with Crippen LogP contribution in [0.4, 0.5) is 0 Å². The van der Waals surface area contributed by atoms with Crippen molar-refractivity contribution in [2.75, 3.05) is 6.54 Å². The molecule has 1 aromatic heterocycles. The van der Waals surface area contributed by atoms with Crippen molar-refractivity contribution in [1.29, 1.82) is 0 Å². The van der Waals surface area contributed by atoms with E-state index in [1.165, 1.54) is 23.9 Å². The maximum Gasteiger partial charge on any atom is 0.266 e. The van der Waals surface area contributed by atoms with Crippen LogP contribution < -0.4 is 10.9 Å². The Balaban J connectivity index is 1.99. The molecule has 1 unspecified atom stereocenters. The van der Waals surface area contributed by atoms with E-state index >= 15 is 0 Å². The average molecular weight is 195 g/mol. The summed E-state index contributed by atoms with van der Waals surface area (Å²) < 4.78 is 1.53. The third-order valence-electron chi connectivity index (χ3n) is 2.82. The number of H-pyrrole nitrogens is 1. The highest BCUT2D eigenvalue weighted by atomic mass is 16.1. The van der Waals surface area contributed by atoms with E-state index in [1.54, 1.807) is 13.1 Å². The molecule has 0 aliphatic carbocycles. The first-order valence-corrected chi connectivity index (χ1v) is 5.24. The summed E-state index contributed by atoms with van der Waals surface area (Å²) in [5.74, 6) is 0. The van der Waals surface area contributed by atoms with Gasteiger partial charge in [0.25, 0.3) is 5.56 Å². The normalized spacial score (nSPS) is 22.5. The van der Waals surface area contributed by atoms with Crippen LogP contribution in [0, 0.1) is 0 Å². The van der Waals surface area contributed by atoms with Gasteiger partial charge < -0.3 is 5.32 Å². The summed E-state index contributed by atoms with van der Waals surface area (Å²) in [7, 11) is 1.75. The molecule has 1 fully saturated rings. The lowest BCUT2D eigenvalue weighted by Crippen LogP contribution is -2.35. The van der Waals surface area contributed by atoms with Crippen molar-refractivity contribution in [3.05, 3.63) is 22.1 Å². The Labute approximate surface area is 83.3 Å². The van der Waals surface area contributed by atoms with Crippen molar-refractivity contribution in [2.45, 2.75) is 31.7 Å². The van der Waals surface area contributed by atoms with Gasteiger partial charge in [0.1, 0.15) is 0 Å². The molecule has 1 aliphatic rings. The molecule has 4 heteroatoms. The van der Waals surface area contributed by atoms with E-state index in [1.807, 2.05) is 0 Å². The summed E-state index contributed by atoms with van der Waals surface area (Å²) in [5, 5.41) is 6.52. The Morgan fingerprint density at radius 1 is 1.57 bits per heavy atom. The van der Waals surface area contributed by atoms with Gasteiger partial charge in [-0.05, 0) is 19.4 Å². The molecule has 0 saturated carbocycles. The monoisotopic (exact) mass is 195 g/mol. The number of aromatic amines is 1. The average Bonchev–Trinajstić information content (AvgIpc) is 2.47. The van der Waals surface area contributed by atoms with Crippen LogP contribution in [-0.4, -0.2) is 22.4 Å². The highest BCUT2D eigenvalue weighted by molar-refractivity contribution is 5.02. The number of hydrogen-bond donors (Lipinski definition) is 2. The van der Waals surface area contributed by atoms with Gasteiger partial charge in [-0.25, -0.2) is 0 Å². The minimum absolute atomic E-state index is 0.0517. The molecule has 0 radical (unpaired) electrons. The molecule has 0 spiro atoms. The predicted octanol–water partition coefficient (Wildman–Crippen LogP) is 0.398. The molecule has 2 rings (SSSR count). The number of aromatic nitrogens is 2. The molecule has 14 heavy (non-hydrogen) atoms. The Bertz CT molecular complexity index is 346. The van der Waals surface area contributed by atoms with Gasteiger partial charge in [-0.1, -0.05) is 6.42 Å². The zero-order valence-electron chi connectivity index (χ0n) is 8.55. The summed E-state index contributed by atoms with van der Waals surface area (Å²) in [4.78, 5) is 11.2. The molecule has 1 saturated heterocycles. The number of nitrogens with one attached hydrogen (secondary N) is 2. The first-order valence-electron chi connectivity index (χ1n) is 5.24. The van der Waals surface area contributed by atoms with Gasteiger partial charge in [-0.2, -0.15) is 0 Å². The summed E-state index contributed by atoms with van der Waals surface area (Å²) in [6, 6.07) is 2.23. The lowest BCUT2D eigenvalue weighted by molar-refractivity contribution is 0.396. The number of rotatable bonds is 2. The van der Waals surface area contributed by atoms with E-state index in [-0.39, 0.29) is 5.56 Å². The van der Waals surface area contributed by atoms with Crippen molar-refractivity contribution in [3.8, 4) is 0 Å². The van der Waals surface area contributed by atoms with Crippen molar-refractivity contribution in [2.24, 2.45) is 7.05 Å². The van der Waals surface area contributed by atoms with Crippen LogP contribution in [0.5, 0.6) is 0 Å². The summed E-state index contributed by atoms with van der Waals surface area (Å²) >= 11 is 0. The van der Waals surface area contributed by atoms with E-state index in [4.69, 9.17) is 0 Å². The molecule has 0 bridgehead atoms. The van der Waals surface area contributed by atoms with Crippen molar-refractivity contribution < 1.29 is 0 Å². The van der Waals surface area contributed by atoms with Crippen molar-refractivity contribution in [3.63, 3.8) is 0 Å². The van der Waals surface area contributed by atoms with Gasteiger partial charge in [0.05, 0.1) is 0 Å². The van der Waals surface area contributed by atoms with E-state index < -0.39 is 0 Å². The van der Waals surface area contributed by atoms with Gasteiger partial charge >= 0.3 is 0 Å². The number of hydrogen-bond acceptors (Lipinski definition) is 2. The van der Waals surface area contributed by atoms with Gasteiger partial charge in [-0.3, -0.25) is 14.6 Å². The van der Waals surface area contributed by atoms with E-state index in [9.17, 15) is 4.79 Å². The molecular weight excluding hydrogens is 178 g/mol. The Morgan fingerprint density at radius 3 is 3.00 bits per heavy atom. The first-order chi connectivity index (χ1) is 6.75. The standard InChI is InChI=1S/C10H17N3O/c1-13-10(14)7-9(12-13)6-8-4-2-3-5-11-8/h7-8,11-12H,2-6H2,1H3. The molecule has 0 aromatic carbocycles. The minimum Gasteiger partial charge on any atom is -0.314 e. The second-order valence-corrected chi connectivity index (χ2v) is 4.03. The smallest absolute Gasteiger partial charge is 0.266 e. The minimum atomic E-state index is 0.0517. The summed E-state index contributed by atoms with van der Waals surface area (Å²) in [5.41, 5.74) is 1.09. The van der Waals surface area contributed by atoms with Crippen LogP contribution in [0.25, 0.3) is 0 Å². The zero-order chi connectivity index (χ0) is 9.97. The lowest BCUT2D eigenvalue weighted by Gasteiger charge is -2.22. The molecule has 1 aromatic rings. The molecule has 4 nitrogen and oxygen atoms in total. The fourth-order valence-corrected chi connectivity index (χ4v) is 2.02. The molecule has 2 N–H and O–H groups in total. The second-order valence-electron chi connectivity index (χ2n) is 4.03. The van der Waals surface area contributed by atoms with Crippen molar-refractivity contribution in [1.82, 2.24) is 15.1 Å².